The monoisotopic (exact) mass is 240 g/mol. The summed E-state index contributed by atoms with van der Waals surface area (Å²) in [6, 6.07) is 0.323. The predicted molar refractivity (Wildman–Crippen MR) is 62.5 cm³/mol. The number of amides is 1. The van der Waals surface area contributed by atoms with E-state index in [2.05, 4.69) is 14.1 Å². The molecule has 88 valence electrons. The number of rotatable bonds is 2. The summed E-state index contributed by atoms with van der Waals surface area (Å²) >= 11 is 1.08. The highest BCUT2D eigenvalue weighted by molar-refractivity contribution is 6.99. The maximum atomic E-state index is 12.0. The van der Waals surface area contributed by atoms with Crippen molar-refractivity contribution in [2.45, 2.75) is 25.3 Å². The molecule has 2 rings (SSSR count). The van der Waals surface area contributed by atoms with Crippen molar-refractivity contribution < 1.29 is 4.79 Å². The van der Waals surface area contributed by atoms with E-state index in [-0.39, 0.29) is 5.91 Å². The van der Waals surface area contributed by atoms with Gasteiger partial charge >= 0.3 is 0 Å². The van der Waals surface area contributed by atoms with Gasteiger partial charge in [-0.15, -0.1) is 0 Å². The van der Waals surface area contributed by atoms with E-state index in [1.54, 1.807) is 6.20 Å². The lowest BCUT2D eigenvalue weighted by Gasteiger charge is -2.26. The normalized spacial score (nSPS) is 21.4. The second kappa shape index (κ2) is 5.36. The van der Waals surface area contributed by atoms with Crippen molar-refractivity contribution in [3.8, 4) is 0 Å². The Morgan fingerprint density at radius 1 is 1.56 bits per heavy atom. The first-order valence-electron chi connectivity index (χ1n) is 5.54. The Kier molecular flexibility index (Phi) is 3.84. The van der Waals surface area contributed by atoms with Gasteiger partial charge in [0.2, 0.25) is 0 Å². The van der Waals surface area contributed by atoms with Crippen LogP contribution in [0.5, 0.6) is 0 Å². The predicted octanol–water partition coefficient (Wildman–Crippen LogP) is 0.752. The largest absolute Gasteiger partial charge is 0.337 e. The van der Waals surface area contributed by atoms with Crippen LogP contribution in [0.2, 0.25) is 0 Å². The minimum atomic E-state index is -0.0133. The average Bonchev–Trinajstić information content (AvgIpc) is 2.70. The van der Waals surface area contributed by atoms with Crippen molar-refractivity contribution in [3.63, 3.8) is 0 Å². The van der Waals surface area contributed by atoms with Gasteiger partial charge in [0.05, 0.1) is 17.9 Å². The Morgan fingerprint density at radius 2 is 2.44 bits per heavy atom. The van der Waals surface area contributed by atoms with E-state index < -0.39 is 0 Å². The minimum absolute atomic E-state index is 0.0133. The van der Waals surface area contributed by atoms with E-state index in [4.69, 9.17) is 0 Å². The molecule has 1 aliphatic rings. The molecule has 16 heavy (non-hydrogen) atoms. The first-order valence-corrected chi connectivity index (χ1v) is 6.27. The van der Waals surface area contributed by atoms with Crippen LogP contribution in [0.25, 0.3) is 0 Å². The van der Waals surface area contributed by atoms with E-state index in [1.165, 1.54) is 0 Å². The summed E-state index contributed by atoms with van der Waals surface area (Å²) in [5.74, 6) is -0.0133. The highest BCUT2D eigenvalue weighted by atomic mass is 32.1. The van der Waals surface area contributed by atoms with Gasteiger partial charge < -0.3 is 10.2 Å². The van der Waals surface area contributed by atoms with Gasteiger partial charge in [0.1, 0.15) is 0 Å². The Labute approximate surface area is 99.2 Å². The molecule has 1 aliphatic heterocycles. The first-order chi connectivity index (χ1) is 7.79. The standard InChI is InChI=1S/C10H16N4OS/c1-14(8-3-2-5-11-6-4-8)10(15)9-7-12-16-13-9/h7-8,11H,2-6H2,1H3. The molecule has 1 saturated heterocycles. The van der Waals surface area contributed by atoms with Crippen LogP contribution in [0.15, 0.2) is 6.20 Å². The summed E-state index contributed by atoms with van der Waals surface area (Å²) in [6.07, 6.45) is 4.74. The zero-order valence-electron chi connectivity index (χ0n) is 9.35. The van der Waals surface area contributed by atoms with Crippen molar-refractivity contribution in [1.29, 1.82) is 0 Å². The van der Waals surface area contributed by atoms with Gasteiger partial charge in [-0.25, -0.2) is 0 Å². The van der Waals surface area contributed by atoms with Gasteiger partial charge in [-0.2, -0.15) is 8.75 Å². The fraction of sp³-hybridized carbons (Fsp3) is 0.700. The highest BCUT2D eigenvalue weighted by Crippen LogP contribution is 2.14. The van der Waals surface area contributed by atoms with Crippen LogP contribution in [0.3, 0.4) is 0 Å². The van der Waals surface area contributed by atoms with Gasteiger partial charge in [0.25, 0.3) is 5.91 Å². The second-order valence-electron chi connectivity index (χ2n) is 4.04. The summed E-state index contributed by atoms with van der Waals surface area (Å²) < 4.78 is 7.84. The number of carbonyl (C=O) groups is 1. The van der Waals surface area contributed by atoms with Crippen molar-refractivity contribution in [2.24, 2.45) is 0 Å². The zero-order valence-corrected chi connectivity index (χ0v) is 10.2. The van der Waals surface area contributed by atoms with Crippen LogP contribution >= 0.6 is 11.7 Å². The fourth-order valence-corrected chi connectivity index (χ4v) is 2.40. The summed E-state index contributed by atoms with van der Waals surface area (Å²) in [4.78, 5) is 13.8. The lowest BCUT2D eigenvalue weighted by molar-refractivity contribution is 0.0715. The summed E-state index contributed by atoms with van der Waals surface area (Å²) in [5.41, 5.74) is 0.463. The van der Waals surface area contributed by atoms with Gasteiger partial charge in [-0.05, 0) is 32.4 Å². The van der Waals surface area contributed by atoms with Crippen LogP contribution in [0.1, 0.15) is 29.8 Å². The second-order valence-corrected chi connectivity index (χ2v) is 4.60. The molecule has 0 aromatic carbocycles. The molecule has 6 heteroatoms. The molecule has 5 nitrogen and oxygen atoms in total. The van der Waals surface area contributed by atoms with Crippen molar-refractivity contribution in [2.75, 3.05) is 20.1 Å². The van der Waals surface area contributed by atoms with Crippen LogP contribution in [-0.4, -0.2) is 45.7 Å². The number of aromatic nitrogens is 2. The lowest BCUT2D eigenvalue weighted by atomic mass is 10.1. The van der Waals surface area contributed by atoms with Crippen LogP contribution in [0.4, 0.5) is 0 Å². The molecule has 0 aliphatic carbocycles. The van der Waals surface area contributed by atoms with Gasteiger partial charge in [-0.3, -0.25) is 4.79 Å². The lowest BCUT2D eigenvalue weighted by Crippen LogP contribution is -2.37. The highest BCUT2D eigenvalue weighted by Gasteiger charge is 2.23. The van der Waals surface area contributed by atoms with Crippen molar-refractivity contribution >= 4 is 17.6 Å². The smallest absolute Gasteiger partial charge is 0.275 e. The SMILES string of the molecule is CN(C(=O)c1cnsn1)C1CCCNCC1. The summed E-state index contributed by atoms with van der Waals surface area (Å²) in [6.45, 7) is 2.04. The molecule has 1 amide bonds. The van der Waals surface area contributed by atoms with Gasteiger partial charge in [0, 0.05) is 13.1 Å². The van der Waals surface area contributed by atoms with Crippen LogP contribution in [0, 0.1) is 0 Å². The molecule has 1 unspecified atom stereocenters. The van der Waals surface area contributed by atoms with E-state index >= 15 is 0 Å². The molecule has 0 saturated carbocycles. The third-order valence-electron chi connectivity index (χ3n) is 2.99. The molecule has 2 heterocycles. The Bertz CT molecular complexity index is 333. The molecule has 1 aromatic rings. The Morgan fingerprint density at radius 3 is 3.19 bits per heavy atom. The topological polar surface area (TPSA) is 58.1 Å². The Hall–Kier alpha value is -1.01. The minimum Gasteiger partial charge on any atom is -0.337 e. The summed E-state index contributed by atoms with van der Waals surface area (Å²) in [5, 5.41) is 3.34. The Balaban J connectivity index is 2.00. The van der Waals surface area contributed by atoms with E-state index in [0.717, 1.165) is 44.1 Å². The van der Waals surface area contributed by atoms with E-state index in [0.29, 0.717) is 11.7 Å². The zero-order chi connectivity index (χ0) is 11.4. The van der Waals surface area contributed by atoms with Gasteiger partial charge in [-0.1, -0.05) is 0 Å². The molecule has 1 fully saturated rings. The number of nitrogens with one attached hydrogen (secondary N) is 1. The third-order valence-corrected chi connectivity index (χ3v) is 3.47. The van der Waals surface area contributed by atoms with E-state index in [1.807, 2.05) is 11.9 Å². The van der Waals surface area contributed by atoms with E-state index in [9.17, 15) is 4.79 Å². The first kappa shape index (κ1) is 11.5. The molecule has 1 aromatic heterocycles. The maximum Gasteiger partial charge on any atom is 0.275 e. The molecule has 0 spiro atoms. The average molecular weight is 240 g/mol. The molecule has 1 N–H and O–H groups in total. The quantitative estimate of drug-likeness (QED) is 0.829. The number of nitrogens with zero attached hydrogens (tertiary/aromatic N) is 3. The number of carbonyl (C=O) groups excluding carboxylic acids is 1. The van der Waals surface area contributed by atoms with Crippen molar-refractivity contribution in [3.05, 3.63) is 11.9 Å². The number of hydrogen-bond donors (Lipinski definition) is 1. The van der Waals surface area contributed by atoms with Crippen molar-refractivity contribution in [1.82, 2.24) is 19.0 Å². The molecule has 0 radical (unpaired) electrons. The molecular formula is C10H16N4OS. The maximum absolute atomic E-state index is 12.0. The summed E-state index contributed by atoms with van der Waals surface area (Å²) in [7, 11) is 1.86. The molecule has 1 atom stereocenters. The fourth-order valence-electron chi connectivity index (χ4n) is 1.99. The molecular weight excluding hydrogens is 224 g/mol. The molecule has 0 bridgehead atoms. The van der Waals surface area contributed by atoms with Crippen LogP contribution < -0.4 is 5.32 Å². The van der Waals surface area contributed by atoms with Crippen LogP contribution in [-0.2, 0) is 0 Å². The third kappa shape index (κ3) is 2.56. The van der Waals surface area contributed by atoms with Gasteiger partial charge in [0.15, 0.2) is 5.69 Å². The number of hydrogen-bond acceptors (Lipinski definition) is 5.